The minimum absolute atomic E-state index is 0.889. The van der Waals surface area contributed by atoms with E-state index in [-0.39, 0.29) is 0 Å². The predicted molar refractivity (Wildman–Crippen MR) is 66.5 cm³/mol. The summed E-state index contributed by atoms with van der Waals surface area (Å²) in [5.74, 6) is 0. The number of allylic oxidation sites excluding steroid dienone is 1. The van der Waals surface area contributed by atoms with Crippen LogP contribution in [-0.4, -0.2) is 4.90 Å². The Morgan fingerprint density at radius 2 is 2.07 bits per heavy atom. The van der Waals surface area contributed by atoms with Crippen molar-refractivity contribution >= 4 is 0 Å². The third kappa shape index (κ3) is 3.28. The first-order valence-corrected chi connectivity index (χ1v) is 5.24. The van der Waals surface area contributed by atoms with Crippen molar-refractivity contribution in [3.8, 4) is 0 Å². The third-order valence-corrected chi connectivity index (χ3v) is 2.43. The molecule has 1 nitrogen and oxygen atoms in total. The first-order chi connectivity index (χ1) is 7.17. The van der Waals surface area contributed by atoms with E-state index in [0.717, 1.165) is 6.54 Å². The Labute approximate surface area is 92.7 Å². The SMILES string of the molecule is C=CN(/C=C\C)Cc1ccc(C)cc1C. The summed E-state index contributed by atoms with van der Waals surface area (Å²) >= 11 is 0. The molecule has 0 heterocycles. The van der Waals surface area contributed by atoms with E-state index in [2.05, 4.69) is 43.5 Å². The standard InChI is InChI=1S/C14H19N/c1-5-9-15(6-2)11-14-8-7-12(3)10-13(14)4/h5-10H,2,11H2,1,3-4H3/b9-5-. The fourth-order valence-corrected chi connectivity index (χ4v) is 1.59. The van der Waals surface area contributed by atoms with E-state index in [1.807, 2.05) is 25.4 Å². The van der Waals surface area contributed by atoms with Gasteiger partial charge < -0.3 is 4.90 Å². The number of hydrogen-bond acceptors (Lipinski definition) is 1. The summed E-state index contributed by atoms with van der Waals surface area (Å²) in [6, 6.07) is 6.55. The van der Waals surface area contributed by atoms with Gasteiger partial charge in [0.05, 0.1) is 0 Å². The van der Waals surface area contributed by atoms with Crippen LogP contribution in [0.5, 0.6) is 0 Å². The van der Waals surface area contributed by atoms with E-state index < -0.39 is 0 Å². The van der Waals surface area contributed by atoms with Crippen LogP contribution in [0.1, 0.15) is 23.6 Å². The predicted octanol–water partition coefficient (Wildman–Crippen LogP) is 3.78. The Morgan fingerprint density at radius 3 is 2.60 bits per heavy atom. The zero-order chi connectivity index (χ0) is 11.3. The summed E-state index contributed by atoms with van der Waals surface area (Å²) in [6.07, 6.45) is 5.90. The van der Waals surface area contributed by atoms with E-state index in [1.54, 1.807) is 0 Å². The molecular weight excluding hydrogens is 182 g/mol. The van der Waals surface area contributed by atoms with Gasteiger partial charge in [-0.3, -0.25) is 0 Å². The van der Waals surface area contributed by atoms with Gasteiger partial charge in [0.25, 0.3) is 0 Å². The van der Waals surface area contributed by atoms with E-state index in [9.17, 15) is 0 Å². The highest BCUT2D eigenvalue weighted by Crippen LogP contribution is 2.13. The molecule has 0 aromatic heterocycles. The third-order valence-electron chi connectivity index (χ3n) is 2.43. The number of rotatable bonds is 4. The molecule has 0 fully saturated rings. The van der Waals surface area contributed by atoms with Gasteiger partial charge in [0.1, 0.15) is 0 Å². The van der Waals surface area contributed by atoms with Gasteiger partial charge in [-0.25, -0.2) is 0 Å². The molecule has 0 unspecified atom stereocenters. The maximum Gasteiger partial charge on any atom is 0.0472 e. The Hall–Kier alpha value is -1.50. The monoisotopic (exact) mass is 201 g/mol. The second kappa shape index (κ2) is 5.40. The van der Waals surface area contributed by atoms with Crippen LogP contribution in [0.2, 0.25) is 0 Å². The topological polar surface area (TPSA) is 3.24 Å². The smallest absolute Gasteiger partial charge is 0.0472 e. The van der Waals surface area contributed by atoms with Crippen molar-refractivity contribution < 1.29 is 0 Å². The lowest BCUT2D eigenvalue weighted by Crippen LogP contribution is -2.09. The van der Waals surface area contributed by atoms with Gasteiger partial charge in [0, 0.05) is 6.54 Å². The summed E-state index contributed by atoms with van der Waals surface area (Å²) in [7, 11) is 0. The molecule has 0 atom stereocenters. The minimum atomic E-state index is 0.889. The maximum absolute atomic E-state index is 3.80. The maximum atomic E-state index is 3.80. The zero-order valence-corrected chi connectivity index (χ0v) is 9.83. The molecule has 1 heteroatoms. The van der Waals surface area contributed by atoms with Crippen LogP contribution in [0.15, 0.2) is 43.3 Å². The molecule has 80 valence electrons. The summed E-state index contributed by atoms with van der Waals surface area (Å²) in [5.41, 5.74) is 4.00. The largest absolute Gasteiger partial charge is 0.351 e. The van der Waals surface area contributed by atoms with Crippen molar-refractivity contribution in [3.63, 3.8) is 0 Å². The Kier molecular flexibility index (Phi) is 4.17. The number of aryl methyl sites for hydroxylation is 2. The van der Waals surface area contributed by atoms with E-state index >= 15 is 0 Å². The number of nitrogens with zero attached hydrogens (tertiary/aromatic N) is 1. The summed E-state index contributed by atoms with van der Waals surface area (Å²) in [4.78, 5) is 2.08. The molecule has 0 aliphatic heterocycles. The van der Waals surface area contributed by atoms with Crippen molar-refractivity contribution in [2.24, 2.45) is 0 Å². The van der Waals surface area contributed by atoms with E-state index in [0.29, 0.717) is 0 Å². The van der Waals surface area contributed by atoms with Crippen molar-refractivity contribution in [3.05, 3.63) is 59.9 Å². The van der Waals surface area contributed by atoms with Crippen LogP contribution in [0.25, 0.3) is 0 Å². The number of hydrogen-bond donors (Lipinski definition) is 0. The molecule has 0 saturated heterocycles. The highest BCUT2D eigenvalue weighted by Gasteiger charge is 2.00. The van der Waals surface area contributed by atoms with Crippen molar-refractivity contribution in [1.29, 1.82) is 0 Å². The average molecular weight is 201 g/mol. The van der Waals surface area contributed by atoms with Gasteiger partial charge in [-0.15, -0.1) is 0 Å². The average Bonchev–Trinajstić information content (AvgIpc) is 2.21. The van der Waals surface area contributed by atoms with Gasteiger partial charge >= 0.3 is 0 Å². The molecule has 0 radical (unpaired) electrons. The molecule has 0 spiro atoms. The van der Waals surface area contributed by atoms with E-state index in [1.165, 1.54) is 16.7 Å². The quantitative estimate of drug-likeness (QED) is 0.716. The molecule has 1 aromatic rings. The van der Waals surface area contributed by atoms with Gasteiger partial charge in [0.15, 0.2) is 0 Å². The lowest BCUT2D eigenvalue weighted by atomic mass is 10.1. The first kappa shape index (κ1) is 11.6. The van der Waals surface area contributed by atoms with E-state index in [4.69, 9.17) is 0 Å². The molecule has 0 saturated carbocycles. The zero-order valence-electron chi connectivity index (χ0n) is 9.83. The highest BCUT2D eigenvalue weighted by atomic mass is 15.1. The lowest BCUT2D eigenvalue weighted by Gasteiger charge is -2.16. The normalized spacial score (nSPS) is 10.6. The first-order valence-electron chi connectivity index (χ1n) is 5.24. The van der Waals surface area contributed by atoms with Gasteiger partial charge in [-0.2, -0.15) is 0 Å². The highest BCUT2D eigenvalue weighted by molar-refractivity contribution is 5.30. The minimum Gasteiger partial charge on any atom is -0.351 e. The van der Waals surface area contributed by atoms with Gasteiger partial charge in [0.2, 0.25) is 0 Å². The van der Waals surface area contributed by atoms with Crippen LogP contribution in [0.3, 0.4) is 0 Å². The van der Waals surface area contributed by atoms with Gasteiger partial charge in [-0.05, 0) is 44.3 Å². The number of benzene rings is 1. The Bertz CT molecular complexity index is 364. The molecule has 0 aliphatic carbocycles. The molecule has 0 amide bonds. The molecule has 0 aliphatic rings. The molecule has 0 bridgehead atoms. The molecule has 15 heavy (non-hydrogen) atoms. The summed E-state index contributed by atoms with van der Waals surface area (Å²) in [5, 5.41) is 0. The summed E-state index contributed by atoms with van der Waals surface area (Å²) < 4.78 is 0. The van der Waals surface area contributed by atoms with Crippen LogP contribution < -0.4 is 0 Å². The molecule has 1 aromatic carbocycles. The Morgan fingerprint density at radius 1 is 1.33 bits per heavy atom. The van der Waals surface area contributed by atoms with Crippen LogP contribution >= 0.6 is 0 Å². The Balaban J connectivity index is 2.83. The van der Waals surface area contributed by atoms with Crippen LogP contribution in [0.4, 0.5) is 0 Å². The molecular formula is C14H19N. The fourth-order valence-electron chi connectivity index (χ4n) is 1.59. The van der Waals surface area contributed by atoms with Crippen LogP contribution in [-0.2, 0) is 6.54 Å². The second-order valence-corrected chi connectivity index (χ2v) is 3.77. The molecule has 0 N–H and O–H groups in total. The van der Waals surface area contributed by atoms with Gasteiger partial charge in [-0.1, -0.05) is 36.4 Å². The van der Waals surface area contributed by atoms with Crippen molar-refractivity contribution in [2.45, 2.75) is 27.3 Å². The summed E-state index contributed by atoms with van der Waals surface area (Å²) in [6.45, 7) is 11.0. The van der Waals surface area contributed by atoms with Crippen molar-refractivity contribution in [1.82, 2.24) is 4.90 Å². The lowest BCUT2D eigenvalue weighted by molar-refractivity contribution is 0.500. The van der Waals surface area contributed by atoms with Crippen LogP contribution in [0, 0.1) is 13.8 Å². The van der Waals surface area contributed by atoms with Crippen molar-refractivity contribution in [2.75, 3.05) is 0 Å². The second-order valence-electron chi connectivity index (χ2n) is 3.77. The molecule has 1 rings (SSSR count). The fraction of sp³-hybridized carbons (Fsp3) is 0.286.